The van der Waals surface area contributed by atoms with Crippen molar-refractivity contribution in [3.8, 4) is 0 Å². The Kier molecular flexibility index (Phi) is 4.57. The molecule has 0 heterocycles. The van der Waals surface area contributed by atoms with E-state index in [0.29, 0.717) is 6.42 Å². The summed E-state index contributed by atoms with van der Waals surface area (Å²) in [5, 5.41) is 8.83. The van der Waals surface area contributed by atoms with Crippen LogP contribution in [-0.4, -0.2) is 30.5 Å². The van der Waals surface area contributed by atoms with Crippen LogP contribution in [0.5, 0.6) is 0 Å². The number of aliphatic hydroxyl groups excluding tert-OH is 1. The molecule has 0 aliphatic carbocycles. The van der Waals surface area contributed by atoms with Crippen LogP contribution in [0, 0.1) is 0 Å². The maximum absolute atomic E-state index is 11.7. The van der Waals surface area contributed by atoms with Crippen molar-refractivity contribution < 1.29 is 15.2 Å². The van der Waals surface area contributed by atoms with E-state index >= 15 is 0 Å². The number of nitrogens with two attached hydrogens (primary N) is 1. The molecular weight excluding hydrogens is 123 g/mol. The van der Waals surface area contributed by atoms with Crippen LogP contribution >= 0.6 is 0 Å². The lowest BCUT2D eigenvalue weighted by Gasteiger charge is -2.07. The summed E-state index contributed by atoms with van der Waals surface area (Å²) in [6.07, 6.45) is -0.240. The van der Waals surface area contributed by atoms with E-state index in [0.717, 1.165) is 0 Å². The molecule has 56 valence electrons. The van der Waals surface area contributed by atoms with Crippen LogP contribution in [0.15, 0.2) is 0 Å². The highest BCUT2D eigenvalue weighted by molar-refractivity contribution is 4.60. The number of hydrogen-bond acceptors (Lipinski definition) is 2. The van der Waals surface area contributed by atoms with Gasteiger partial charge in [-0.3, -0.25) is 0 Å². The van der Waals surface area contributed by atoms with Gasteiger partial charge in [0.15, 0.2) is 0 Å². The number of rotatable bonds is 4. The second-order valence-electron chi connectivity index (χ2n) is 2.15. The van der Waals surface area contributed by atoms with Crippen LogP contribution in [0.1, 0.15) is 6.42 Å². The zero-order chi connectivity index (χ0) is 7.28. The molecule has 0 aliphatic heterocycles. The summed E-state index contributed by atoms with van der Waals surface area (Å²) in [5.41, 5.74) is 8.53. The van der Waals surface area contributed by atoms with E-state index in [-0.39, 0.29) is 12.6 Å². The quantitative estimate of drug-likeness (QED) is 0.431. The summed E-state index contributed by atoms with van der Waals surface area (Å²) >= 11 is 0. The van der Waals surface area contributed by atoms with Gasteiger partial charge in [0.25, 0.3) is 0 Å². The summed E-state index contributed by atoms with van der Waals surface area (Å²) < 4.78 is 11.7. The summed E-state index contributed by atoms with van der Waals surface area (Å²) in [7, 11) is 0. The molecule has 3 nitrogen and oxygen atoms in total. The highest BCUT2D eigenvalue weighted by atomic mass is 19.1. The maximum atomic E-state index is 11.7. The lowest BCUT2D eigenvalue weighted by atomic mass is 10.1. The van der Waals surface area contributed by atoms with Crippen molar-refractivity contribution in [1.29, 1.82) is 0 Å². The fourth-order valence-electron chi connectivity index (χ4n) is 0.544. The molecule has 4 heteroatoms. The first-order valence-corrected chi connectivity index (χ1v) is 2.97. The highest BCUT2D eigenvalue weighted by Crippen LogP contribution is 1.92. The molecule has 6 N–H and O–H groups in total. The molecule has 0 saturated carbocycles. The fraction of sp³-hybridized carbons (Fsp3) is 1.00. The van der Waals surface area contributed by atoms with Crippen molar-refractivity contribution >= 4 is 0 Å². The fourth-order valence-corrected chi connectivity index (χ4v) is 0.544. The molecule has 2 unspecified atom stereocenters. The lowest BCUT2D eigenvalue weighted by Crippen LogP contribution is -2.63. The minimum atomic E-state index is -0.594. The Labute approximate surface area is 53.8 Å². The Morgan fingerprint density at radius 1 is 1.67 bits per heavy atom. The predicted octanol–water partition coefficient (Wildman–Crippen LogP) is -1.72. The summed E-state index contributed by atoms with van der Waals surface area (Å²) in [4.78, 5) is 0. The van der Waals surface area contributed by atoms with E-state index in [9.17, 15) is 4.39 Å². The molecule has 0 aliphatic rings. The Bertz CT molecular complexity index is 64.0. The maximum Gasteiger partial charge on any atom is 0.141 e. The number of aliphatic hydroxyl groups is 1. The van der Waals surface area contributed by atoms with Crippen molar-refractivity contribution in [2.75, 3.05) is 13.2 Å². The van der Waals surface area contributed by atoms with Crippen LogP contribution < -0.4 is 11.5 Å². The van der Waals surface area contributed by atoms with Crippen molar-refractivity contribution in [2.45, 2.75) is 18.6 Å². The molecule has 0 radical (unpaired) electrons. The second kappa shape index (κ2) is 4.67. The minimum Gasteiger partial charge on any atom is -0.392 e. The van der Waals surface area contributed by atoms with Gasteiger partial charge in [0.2, 0.25) is 0 Å². The summed E-state index contributed by atoms with van der Waals surface area (Å²) in [6.45, 7) is -0.302. The van der Waals surface area contributed by atoms with Gasteiger partial charge in [0, 0.05) is 13.0 Å². The lowest BCUT2D eigenvalue weighted by molar-refractivity contribution is -0.425. The van der Waals surface area contributed by atoms with Gasteiger partial charge in [-0.1, -0.05) is 0 Å². The molecule has 0 spiro atoms. The molecular formula is C5H14FN2O+. The molecule has 0 aromatic rings. The molecule has 0 aromatic heterocycles. The topological polar surface area (TPSA) is 73.9 Å². The minimum absolute atomic E-state index is 0.187. The van der Waals surface area contributed by atoms with Crippen molar-refractivity contribution in [3.63, 3.8) is 0 Å². The van der Waals surface area contributed by atoms with Gasteiger partial charge in [0.05, 0.1) is 6.10 Å². The molecule has 0 rings (SSSR count). The van der Waals surface area contributed by atoms with E-state index in [1.807, 2.05) is 0 Å². The zero-order valence-electron chi connectivity index (χ0n) is 5.39. The Hall–Kier alpha value is -0.190. The normalized spacial score (nSPS) is 17.3. The van der Waals surface area contributed by atoms with Crippen LogP contribution in [0.25, 0.3) is 0 Å². The molecule has 9 heavy (non-hydrogen) atoms. The van der Waals surface area contributed by atoms with Crippen LogP contribution in [-0.2, 0) is 0 Å². The summed E-state index contributed by atoms with van der Waals surface area (Å²) in [6, 6.07) is -0.316. The third-order valence-electron chi connectivity index (χ3n) is 1.10. The van der Waals surface area contributed by atoms with E-state index in [1.54, 1.807) is 0 Å². The van der Waals surface area contributed by atoms with Crippen molar-refractivity contribution in [1.82, 2.24) is 0 Å². The second-order valence-corrected chi connectivity index (χ2v) is 2.15. The first-order chi connectivity index (χ1) is 4.20. The monoisotopic (exact) mass is 137 g/mol. The smallest absolute Gasteiger partial charge is 0.141 e. The standard InChI is InChI=1S/C5H13FN2O/c6-2-4(8)1-5(9)3-7/h4-5,9H,1-3,7-8H2/p+1. The average molecular weight is 137 g/mol. The van der Waals surface area contributed by atoms with Gasteiger partial charge in [-0.25, -0.2) is 4.39 Å². The van der Waals surface area contributed by atoms with Gasteiger partial charge in [-0.2, -0.15) is 0 Å². The van der Waals surface area contributed by atoms with Crippen molar-refractivity contribution in [2.24, 2.45) is 5.73 Å². The largest absolute Gasteiger partial charge is 0.392 e. The number of halogens is 1. The van der Waals surface area contributed by atoms with Gasteiger partial charge >= 0.3 is 0 Å². The van der Waals surface area contributed by atoms with Crippen molar-refractivity contribution in [3.05, 3.63) is 0 Å². The first kappa shape index (κ1) is 8.81. The van der Waals surface area contributed by atoms with Gasteiger partial charge in [-0.05, 0) is 0 Å². The number of hydrogen-bond donors (Lipinski definition) is 3. The molecule has 0 amide bonds. The van der Waals surface area contributed by atoms with E-state index in [4.69, 9.17) is 10.8 Å². The molecule has 2 atom stereocenters. The third kappa shape index (κ3) is 4.32. The predicted molar refractivity (Wildman–Crippen MR) is 32.3 cm³/mol. The Morgan fingerprint density at radius 3 is 2.56 bits per heavy atom. The Balaban J connectivity index is 3.22. The van der Waals surface area contributed by atoms with E-state index in [2.05, 4.69) is 5.73 Å². The highest BCUT2D eigenvalue weighted by Gasteiger charge is 2.10. The van der Waals surface area contributed by atoms with Gasteiger partial charge < -0.3 is 16.6 Å². The SMILES string of the molecule is NCC(O)CC([NH3+])CF. The molecule has 0 aromatic carbocycles. The van der Waals surface area contributed by atoms with Crippen LogP contribution in [0.3, 0.4) is 0 Å². The van der Waals surface area contributed by atoms with Crippen LogP contribution in [0.4, 0.5) is 4.39 Å². The summed E-state index contributed by atoms with van der Waals surface area (Å²) in [5.74, 6) is 0. The zero-order valence-corrected chi connectivity index (χ0v) is 5.39. The van der Waals surface area contributed by atoms with E-state index < -0.39 is 12.8 Å². The number of alkyl halides is 1. The third-order valence-corrected chi connectivity index (χ3v) is 1.10. The molecule has 0 bridgehead atoms. The first-order valence-electron chi connectivity index (χ1n) is 2.97. The van der Waals surface area contributed by atoms with E-state index in [1.165, 1.54) is 0 Å². The number of quaternary nitrogens is 1. The van der Waals surface area contributed by atoms with Crippen LogP contribution in [0.2, 0.25) is 0 Å². The van der Waals surface area contributed by atoms with Gasteiger partial charge in [-0.15, -0.1) is 0 Å². The molecule has 0 fully saturated rings. The average Bonchev–Trinajstić information content (AvgIpc) is 1.87. The van der Waals surface area contributed by atoms with Gasteiger partial charge in [0.1, 0.15) is 12.7 Å². The molecule has 0 saturated heterocycles. The Morgan fingerprint density at radius 2 is 2.22 bits per heavy atom.